The van der Waals surface area contributed by atoms with Crippen molar-refractivity contribution in [3.63, 3.8) is 0 Å². The molecule has 0 aliphatic carbocycles. The number of para-hydroxylation sites is 2. The minimum absolute atomic E-state index is 0.0678. The van der Waals surface area contributed by atoms with E-state index in [0.29, 0.717) is 13.0 Å². The molecule has 2 aromatic rings. The number of benzene rings is 2. The van der Waals surface area contributed by atoms with Gasteiger partial charge in [0.15, 0.2) is 0 Å². The highest BCUT2D eigenvalue weighted by molar-refractivity contribution is 7.99. The molecule has 1 N–H and O–H groups in total. The summed E-state index contributed by atoms with van der Waals surface area (Å²) in [6, 6.07) is 16.7. The van der Waals surface area contributed by atoms with Gasteiger partial charge in [0, 0.05) is 29.8 Å². The number of carbonyl (C=O) groups excluding carboxylic acids is 1. The molecule has 2 aromatic carbocycles. The normalized spacial score (nSPS) is 12.6. The summed E-state index contributed by atoms with van der Waals surface area (Å²) in [5.74, 6) is 0.0678. The molecule has 3 rings (SSSR count). The highest BCUT2D eigenvalue weighted by Gasteiger charge is 2.22. The average molecular weight is 284 g/mol. The van der Waals surface area contributed by atoms with E-state index in [1.165, 1.54) is 21.2 Å². The molecule has 0 saturated carbocycles. The summed E-state index contributed by atoms with van der Waals surface area (Å²) in [6.45, 7) is 0.689. The molecule has 1 aliphatic rings. The third-order valence-corrected chi connectivity index (χ3v) is 4.50. The van der Waals surface area contributed by atoms with Crippen molar-refractivity contribution in [2.75, 3.05) is 18.5 Å². The van der Waals surface area contributed by atoms with Crippen LogP contribution in [0.4, 0.5) is 11.4 Å². The van der Waals surface area contributed by atoms with E-state index in [1.54, 1.807) is 18.8 Å². The molecule has 102 valence electrons. The van der Waals surface area contributed by atoms with Crippen molar-refractivity contribution in [2.45, 2.75) is 16.2 Å². The number of nitrogens with one attached hydrogen (secondary N) is 1. The lowest BCUT2D eigenvalue weighted by molar-refractivity contribution is -0.120. The van der Waals surface area contributed by atoms with E-state index in [2.05, 4.69) is 46.6 Å². The van der Waals surface area contributed by atoms with Gasteiger partial charge in [0.05, 0.1) is 11.4 Å². The number of hydrogen-bond acceptors (Lipinski definition) is 3. The third kappa shape index (κ3) is 2.39. The van der Waals surface area contributed by atoms with Crippen LogP contribution in [0.25, 0.3) is 0 Å². The molecule has 1 amide bonds. The van der Waals surface area contributed by atoms with E-state index in [-0.39, 0.29) is 5.91 Å². The summed E-state index contributed by atoms with van der Waals surface area (Å²) in [4.78, 5) is 16.2. The predicted octanol–water partition coefficient (Wildman–Crippen LogP) is 3.43. The number of hydrogen-bond donors (Lipinski definition) is 1. The predicted molar refractivity (Wildman–Crippen MR) is 82.7 cm³/mol. The SMILES string of the molecule is CNC(=O)CCN1c2ccccc2Sc2ccccc21. The summed E-state index contributed by atoms with van der Waals surface area (Å²) in [5.41, 5.74) is 2.36. The first-order valence-corrected chi connectivity index (χ1v) is 7.45. The fraction of sp³-hybridized carbons (Fsp3) is 0.188. The van der Waals surface area contributed by atoms with Crippen molar-refractivity contribution in [2.24, 2.45) is 0 Å². The zero-order valence-electron chi connectivity index (χ0n) is 11.3. The largest absolute Gasteiger partial charge is 0.359 e. The van der Waals surface area contributed by atoms with Crippen LogP contribution in [0.3, 0.4) is 0 Å². The third-order valence-electron chi connectivity index (χ3n) is 3.37. The molecule has 1 heterocycles. The van der Waals surface area contributed by atoms with E-state index in [4.69, 9.17) is 0 Å². The van der Waals surface area contributed by atoms with Crippen LogP contribution in [-0.2, 0) is 4.79 Å². The zero-order valence-corrected chi connectivity index (χ0v) is 12.1. The maximum atomic E-state index is 11.5. The Labute approximate surface area is 123 Å². The summed E-state index contributed by atoms with van der Waals surface area (Å²) in [7, 11) is 1.68. The van der Waals surface area contributed by atoms with Gasteiger partial charge in [-0.05, 0) is 24.3 Å². The van der Waals surface area contributed by atoms with Gasteiger partial charge in [0.1, 0.15) is 0 Å². The molecule has 3 nitrogen and oxygen atoms in total. The number of carbonyl (C=O) groups is 1. The fourth-order valence-corrected chi connectivity index (χ4v) is 3.46. The van der Waals surface area contributed by atoms with Crippen molar-refractivity contribution in [3.8, 4) is 0 Å². The van der Waals surface area contributed by atoms with Crippen LogP contribution in [-0.4, -0.2) is 19.5 Å². The Morgan fingerprint density at radius 1 is 1.05 bits per heavy atom. The van der Waals surface area contributed by atoms with E-state index >= 15 is 0 Å². The van der Waals surface area contributed by atoms with Crippen molar-refractivity contribution >= 4 is 29.0 Å². The topological polar surface area (TPSA) is 32.3 Å². The smallest absolute Gasteiger partial charge is 0.221 e. The molecular formula is C16H16N2OS. The van der Waals surface area contributed by atoms with Crippen LogP contribution >= 0.6 is 11.8 Å². The first-order chi connectivity index (χ1) is 9.79. The van der Waals surface area contributed by atoms with Crippen LogP contribution in [0.15, 0.2) is 58.3 Å². The first-order valence-electron chi connectivity index (χ1n) is 6.63. The van der Waals surface area contributed by atoms with E-state index in [0.717, 1.165) is 0 Å². The minimum Gasteiger partial charge on any atom is -0.359 e. The Morgan fingerprint density at radius 2 is 1.60 bits per heavy atom. The Kier molecular flexibility index (Phi) is 3.65. The molecule has 4 heteroatoms. The van der Waals surface area contributed by atoms with Gasteiger partial charge < -0.3 is 10.2 Å². The molecule has 0 radical (unpaired) electrons. The van der Waals surface area contributed by atoms with Crippen LogP contribution in [0, 0.1) is 0 Å². The second-order valence-electron chi connectivity index (χ2n) is 4.61. The van der Waals surface area contributed by atoms with Gasteiger partial charge in [0.25, 0.3) is 0 Å². The summed E-state index contributed by atoms with van der Waals surface area (Å²) in [5, 5.41) is 2.68. The second kappa shape index (κ2) is 5.59. The van der Waals surface area contributed by atoms with Gasteiger partial charge in [-0.3, -0.25) is 4.79 Å². The number of amides is 1. The van der Waals surface area contributed by atoms with Crippen LogP contribution < -0.4 is 10.2 Å². The van der Waals surface area contributed by atoms with Gasteiger partial charge in [-0.2, -0.15) is 0 Å². The van der Waals surface area contributed by atoms with E-state index < -0.39 is 0 Å². The number of rotatable bonds is 3. The van der Waals surface area contributed by atoms with Crippen molar-refractivity contribution in [1.82, 2.24) is 5.32 Å². The van der Waals surface area contributed by atoms with Gasteiger partial charge >= 0.3 is 0 Å². The number of nitrogens with zero attached hydrogens (tertiary/aromatic N) is 1. The standard InChI is InChI=1S/C16H16N2OS/c1-17-16(19)10-11-18-12-6-2-4-8-14(12)20-15-9-5-3-7-13(15)18/h2-9H,10-11H2,1H3,(H,17,19). The van der Waals surface area contributed by atoms with E-state index in [9.17, 15) is 4.79 Å². The van der Waals surface area contributed by atoms with Crippen LogP contribution in [0.1, 0.15) is 6.42 Å². The Bertz CT molecular complexity index is 596. The molecule has 0 saturated heterocycles. The van der Waals surface area contributed by atoms with Crippen molar-refractivity contribution < 1.29 is 4.79 Å². The van der Waals surface area contributed by atoms with Crippen molar-refractivity contribution in [1.29, 1.82) is 0 Å². The zero-order chi connectivity index (χ0) is 13.9. The Morgan fingerprint density at radius 3 is 2.15 bits per heavy atom. The molecule has 0 unspecified atom stereocenters. The molecule has 0 fully saturated rings. The minimum atomic E-state index is 0.0678. The monoisotopic (exact) mass is 284 g/mol. The van der Waals surface area contributed by atoms with Crippen LogP contribution in [0.5, 0.6) is 0 Å². The van der Waals surface area contributed by atoms with E-state index in [1.807, 2.05) is 12.1 Å². The molecular weight excluding hydrogens is 268 g/mol. The molecule has 0 spiro atoms. The van der Waals surface area contributed by atoms with Crippen LogP contribution in [0.2, 0.25) is 0 Å². The maximum Gasteiger partial charge on any atom is 0.221 e. The van der Waals surface area contributed by atoms with Crippen molar-refractivity contribution in [3.05, 3.63) is 48.5 Å². The lowest BCUT2D eigenvalue weighted by Gasteiger charge is -2.32. The Hall–Kier alpha value is -1.94. The van der Waals surface area contributed by atoms with Gasteiger partial charge in [-0.25, -0.2) is 0 Å². The lowest BCUT2D eigenvalue weighted by Crippen LogP contribution is -2.27. The number of anilines is 2. The lowest BCUT2D eigenvalue weighted by atomic mass is 10.2. The second-order valence-corrected chi connectivity index (χ2v) is 5.70. The summed E-state index contributed by atoms with van der Waals surface area (Å²) < 4.78 is 0. The number of fused-ring (bicyclic) bond motifs is 2. The molecule has 0 atom stereocenters. The summed E-state index contributed by atoms with van der Waals surface area (Å²) in [6.07, 6.45) is 0.490. The average Bonchev–Trinajstić information content (AvgIpc) is 2.51. The summed E-state index contributed by atoms with van der Waals surface area (Å²) >= 11 is 1.78. The van der Waals surface area contributed by atoms with Gasteiger partial charge in [0.2, 0.25) is 5.91 Å². The highest BCUT2D eigenvalue weighted by Crippen LogP contribution is 2.47. The Balaban J connectivity index is 1.97. The molecule has 0 bridgehead atoms. The van der Waals surface area contributed by atoms with Gasteiger partial charge in [-0.1, -0.05) is 36.0 Å². The fourth-order valence-electron chi connectivity index (χ4n) is 2.36. The highest BCUT2D eigenvalue weighted by atomic mass is 32.2. The van der Waals surface area contributed by atoms with Gasteiger partial charge in [-0.15, -0.1) is 0 Å². The first kappa shape index (κ1) is 13.1. The molecule has 1 aliphatic heterocycles. The molecule has 20 heavy (non-hydrogen) atoms. The maximum absolute atomic E-state index is 11.5. The molecule has 0 aromatic heterocycles. The quantitative estimate of drug-likeness (QED) is 0.937.